The van der Waals surface area contributed by atoms with Crippen LogP contribution < -0.4 is 5.32 Å². The second kappa shape index (κ2) is 7.35. The Labute approximate surface area is 177 Å². The van der Waals surface area contributed by atoms with Crippen LogP contribution in [0.5, 0.6) is 0 Å². The Morgan fingerprint density at radius 1 is 1.16 bits per heavy atom. The minimum Gasteiger partial charge on any atom is -0.466 e. The van der Waals surface area contributed by atoms with Gasteiger partial charge in [-0.2, -0.15) is 0 Å². The third-order valence-corrected chi connectivity index (χ3v) is 5.20. The summed E-state index contributed by atoms with van der Waals surface area (Å²) < 4.78 is 12.9. The Kier molecular flexibility index (Phi) is 4.50. The standard InChI is InChI=1S/C22H20N6O3/c1-12-10-15(14(3)30-12)17-11-16(20-13(2)27-31-22(20)24-17)21(29)23-8-7-19-26-25-18-6-4-5-9-28(18)19/h4-6,9-11H,7-8H2,1-3H3,(H,23,29). The number of hydrogen-bond donors (Lipinski definition) is 1. The van der Waals surface area contributed by atoms with Crippen molar-refractivity contribution < 1.29 is 13.7 Å². The van der Waals surface area contributed by atoms with Crippen LogP contribution in [-0.2, 0) is 6.42 Å². The van der Waals surface area contributed by atoms with Gasteiger partial charge in [0.05, 0.1) is 22.3 Å². The first-order valence-corrected chi connectivity index (χ1v) is 9.92. The van der Waals surface area contributed by atoms with Gasteiger partial charge in [-0.15, -0.1) is 10.2 Å². The molecule has 0 unspecified atom stereocenters. The van der Waals surface area contributed by atoms with Gasteiger partial charge in [-0.1, -0.05) is 11.2 Å². The molecule has 0 spiro atoms. The zero-order valence-electron chi connectivity index (χ0n) is 17.3. The molecule has 5 heterocycles. The largest absolute Gasteiger partial charge is 0.466 e. The fourth-order valence-corrected chi connectivity index (χ4v) is 3.74. The molecule has 5 aromatic rings. The van der Waals surface area contributed by atoms with Crippen molar-refractivity contribution in [3.05, 3.63) is 65.1 Å². The van der Waals surface area contributed by atoms with Crippen LogP contribution in [0.3, 0.4) is 0 Å². The summed E-state index contributed by atoms with van der Waals surface area (Å²) in [6, 6.07) is 9.36. The topological polar surface area (TPSA) is 111 Å². The summed E-state index contributed by atoms with van der Waals surface area (Å²) in [7, 11) is 0. The molecule has 31 heavy (non-hydrogen) atoms. The molecule has 9 heteroatoms. The third-order valence-electron chi connectivity index (χ3n) is 5.20. The number of nitrogens with one attached hydrogen (secondary N) is 1. The highest BCUT2D eigenvalue weighted by Crippen LogP contribution is 2.30. The van der Waals surface area contributed by atoms with E-state index in [1.165, 1.54) is 0 Å². The molecule has 9 nitrogen and oxygen atoms in total. The SMILES string of the molecule is Cc1cc(-c2cc(C(=O)NCCc3nnc4ccccn34)c3c(C)noc3n2)c(C)o1. The zero-order valence-corrected chi connectivity index (χ0v) is 17.3. The van der Waals surface area contributed by atoms with Gasteiger partial charge < -0.3 is 14.3 Å². The molecule has 5 rings (SSSR count). The van der Waals surface area contributed by atoms with E-state index in [0.717, 1.165) is 28.6 Å². The maximum Gasteiger partial charge on any atom is 0.259 e. The minimum absolute atomic E-state index is 0.230. The molecular formula is C22H20N6O3. The normalized spacial score (nSPS) is 11.5. The summed E-state index contributed by atoms with van der Waals surface area (Å²) in [5.74, 6) is 2.05. The van der Waals surface area contributed by atoms with Crippen molar-refractivity contribution in [2.45, 2.75) is 27.2 Å². The summed E-state index contributed by atoms with van der Waals surface area (Å²) >= 11 is 0. The van der Waals surface area contributed by atoms with Crippen LogP contribution in [0.2, 0.25) is 0 Å². The van der Waals surface area contributed by atoms with Gasteiger partial charge in [0.25, 0.3) is 11.6 Å². The van der Waals surface area contributed by atoms with E-state index in [9.17, 15) is 4.79 Å². The number of aryl methyl sites for hydroxylation is 3. The number of carbonyl (C=O) groups excluding carboxylic acids is 1. The molecule has 0 radical (unpaired) electrons. The Hall–Kier alpha value is -4.01. The number of nitrogens with zero attached hydrogens (tertiary/aromatic N) is 5. The lowest BCUT2D eigenvalue weighted by Crippen LogP contribution is -2.26. The van der Waals surface area contributed by atoms with Crippen molar-refractivity contribution in [1.82, 2.24) is 30.1 Å². The lowest BCUT2D eigenvalue weighted by atomic mass is 10.1. The van der Waals surface area contributed by atoms with E-state index in [-0.39, 0.29) is 5.91 Å². The van der Waals surface area contributed by atoms with E-state index in [0.29, 0.717) is 41.0 Å². The number of carbonyl (C=O) groups is 1. The number of hydrogen-bond acceptors (Lipinski definition) is 7. The fourth-order valence-electron chi connectivity index (χ4n) is 3.74. The number of amides is 1. The molecule has 5 aromatic heterocycles. The third kappa shape index (κ3) is 3.33. The predicted octanol–water partition coefficient (Wildman–Crippen LogP) is 3.42. The molecule has 0 aromatic carbocycles. The maximum atomic E-state index is 13.1. The molecule has 0 aliphatic rings. The van der Waals surface area contributed by atoms with Crippen LogP contribution in [0.25, 0.3) is 28.0 Å². The lowest BCUT2D eigenvalue weighted by molar-refractivity contribution is 0.0955. The average Bonchev–Trinajstić information content (AvgIpc) is 3.44. The highest BCUT2D eigenvalue weighted by Gasteiger charge is 2.21. The molecule has 156 valence electrons. The second-order valence-corrected chi connectivity index (χ2v) is 7.38. The van der Waals surface area contributed by atoms with Crippen LogP contribution in [0.4, 0.5) is 0 Å². The molecule has 0 saturated carbocycles. The van der Waals surface area contributed by atoms with E-state index >= 15 is 0 Å². The van der Waals surface area contributed by atoms with Crippen molar-refractivity contribution in [3.8, 4) is 11.3 Å². The van der Waals surface area contributed by atoms with Crippen molar-refractivity contribution in [3.63, 3.8) is 0 Å². The van der Waals surface area contributed by atoms with Crippen molar-refractivity contribution >= 4 is 22.7 Å². The van der Waals surface area contributed by atoms with Gasteiger partial charge in [0, 0.05) is 24.7 Å². The molecule has 0 bridgehead atoms. The molecule has 1 amide bonds. The van der Waals surface area contributed by atoms with Gasteiger partial charge in [0.15, 0.2) is 5.65 Å². The van der Waals surface area contributed by atoms with E-state index in [1.807, 2.05) is 48.7 Å². The highest BCUT2D eigenvalue weighted by atomic mass is 16.5. The highest BCUT2D eigenvalue weighted by molar-refractivity contribution is 6.07. The minimum atomic E-state index is -0.230. The van der Waals surface area contributed by atoms with Crippen LogP contribution in [0.15, 0.2) is 45.5 Å². The molecule has 0 aliphatic carbocycles. The molecule has 0 fully saturated rings. The predicted molar refractivity (Wildman–Crippen MR) is 113 cm³/mol. The maximum absolute atomic E-state index is 13.1. The number of pyridine rings is 2. The molecule has 0 aliphatic heterocycles. The van der Waals surface area contributed by atoms with Crippen molar-refractivity contribution in [2.75, 3.05) is 6.54 Å². The molecular weight excluding hydrogens is 396 g/mol. The monoisotopic (exact) mass is 416 g/mol. The first-order chi connectivity index (χ1) is 15.0. The van der Waals surface area contributed by atoms with Crippen LogP contribution >= 0.6 is 0 Å². The average molecular weight is 416 g/mol. The van der Waals surface area contributed by atoms with Crippen LogP contribution in [-0.4, -0.2) is 37.2 Å². The Balaban J connectivity index is 1.43. The number of fused-ring (bicyclic) bond motifs is 2. The molecule has 1 N–H and O–H groups in total. The summed E-state index contributed by atoms with van der Waals surface area (Å²) in [5, 5.41) is 15.9. The Morgan fingerprint density at radius 3 is 2.84 bits per heavy atom. The summed E-state index contributed by atoms with van der Waals surface area (Å²) in [6.07, 6.45) is 2.45. The lowest BCUT2D eigenvalue weighted by Gasteiger charge is -2.08. The molecule has 0 saturated heterocycles. The van der Waals surface area contributed by atoms with E-state index in [1.54, 1.807) is 13.0 Å². The summed E-state index contributed by atoms with van der Waals surface area (Å²) in [5.41, 5.74) is 3.59. The van der Waals surface area contributed by atoms with E-state index in [2.05, 4.69) is 25.7 Å². The van der Waals surface area contributed by atoms with Gasteiger partial charge in [0.2, 0.25) is 0 Å². The van der Waals surface area contributed by atoms with E-state index < -0.39 is 0 Å². The first kappa shape index (κ1) is 19.0. The summed E-state index contributed by atoms with van der Waals surface area (Å²) in [6.45, 7) is 5.93. The van der Waals surface area contributed by atoms with Crippen molar-refractivity contribution in [1.29, 1.82) is 0 Å². The van der Waals surface area contributed by atoms with Gasteiger partial charge in [-0.25, -0.2) is 4.98 Å². The van der Waals surface area contributed by atoms with Crippen LogP contribution in [0.1, 0.15) is 33.4 Å². The first-order valence-electron chi connectivity index (χ1n) is 9.92. The number of rotatable bonds is 5. The molecule has 0 atom stereocenters. The van der Waals surface area contributed by atoms with Gasteiger partial charge in [-0.3, -0.25) is 9.20 Å². The quantitative estimate of drug-likeness (QED) is 0.467. The Morgan fingerprint density at radius 2 is 2.03 bits per heavy atom. The number of furan rings is 1. The zero-order chi connectivity index (χ0) is 21.5. The Bertz CT molecular complexity index is 1430. The second-order valence-electron chi connectivity index (χ2n) is 7.38. The smallest absolute Gasteiger partial charge is 0.259 e. The van der Waals surface area contributed by atoms with E-state index in [4.69, 9.17) is 8.94 Å². The summed E-state index contributed by atoms with van der Waals surface area (Å²) in [4.78, 5) is 17.6. The van der Waals surface area contributed by atoms with Gasteiger partial charge in [0.1, 0.15) is 17.3 Å². The van der Waals surface area contributed by atoms with Crippen molar-refractivity contribution in [2.24, 2.45) is 0 Å². The number of aromatic nitrogens is 5. The van der Waals surface area contributed by atoms with Crippen LogP contribution in [0, 0.1) is 20.8 Å². The van der Waals surface area contributed by atoms with Gasteiger partial charge >= 0.3 is 0 Å². The fraction of sp³-hybridized carbons (Fsp3) is 0.227. The van der Waals surface area contributed by atoms with Gasteiger partial charge in [-0.05, 0) is 45.0 Å².